The standard InChI is InChI=1S/C21H21N3O2S2/c25-19(5-2-9-22-20(26)17-8-10-27-12-17)24-21-23-18(13-28-21)16-7-6-14-3-1-4-15(14)11-16/h6-8,10-13H,1-5,9H2,(H,22,26)(H,23,24,25). The van der Waals surface area contributed by atoms with Crippen molar-refractivity contribution in [2.24, 2.45) is 0 Å². The quantitative estimate of drug-likeness (QED) is 0.562. The van der Waals surface area contributed by atoms with E-state index >= 15 is 0 Å². The van der Waals surface area contributed by atoms with Gasteiger partial charge < -0.3 is 10.6 Å². The van der Waals surface area contributed by atoms with Gasteiger partial charge in [-0.1, -0.05) is 12.1 Å². The third-order valence-corrected chi connectivity index (χ3v) is 6.24. The van der Waals surface area contributed by atoms with E-state index in [2.05, 4.69) is 33.8 Å². The van der Waals surface area contributed by atoms with E-state index in [1.165, 1.54) is 46.6 Å². The first-order valence-electron chi connectivity index (χ1n) is 9.37. The van der Waals surface area contributed by atoms with Gasteiger partial charge in [0, 0.05) is 34.9 Å². The van der Waals surface area contributed by atoms with E-state index in [0.717, 1.165) is 17.7 Å². The van der Waals surface area contributed by atoms with Gasteiger partial charge in [-0.3, -0.25) is 9.59 Å². The van der Waals surface area contributed by atoms with Crippen LogP contribution in [-0.2, 0) is 17.6 Å². The number of thiophene rings is 1. The van der Waals surface area contributed by atoms with Crippen LogP contribution in [0.5, 0.6) is 0 Å². The Morgan fingerprint density at radius 2 is 2.00 bits per heavy atom. The van der Waals surface area contributed by atoms with Gasteiger partial charge >= 0.3 is 0 Å². The molecule has 0 radical (unpaired) electrons. The van der Waals surface area contributed by atoms with E-state index in [-0.39, 0.29) is 11.8 Å². The van der Waals surface area contributed by atoms with Crippen LogP contribution >= 0.6 is 22.7 Å². The lowest BCUT2D eigenvalue weighted by atomic mass is 10.1. The molecule has 1 aliphatic carbocycles. The minimum atomic E-state index is -0.0967. The van der Waals surface area contributed by atoms with Crippen molar-refractivity contribution < 1.29 is 9.59 Å². The molecule has 2 aromatic heterocycles. The van der Waals surface area contributed by atoms with E-state index in [1.54, 1.807) is 6.07 Å². The first-order valence-corrected chi connectivity index (χ1v) is 11.2. The number of benzene rings is 1. The number of rotatable bonds is 7. The van der Waals surface area contributed by atoms with Crippen LogP contribution < -0.4 is 10.6 Å². The van der Waals surface area contributed by atoms with Gasteiger partial charge in [0.05, 0.1) is 5.69 Å². The summed E-state index contributed by atoms with van der Waals surface area (Å²) in [5.41, 5.74) is 5.53. The molecular weight excluding hydrogens is 390 g/mol. The molecule has 7 heteroatoms. The van der Waals surface area contributed by atoms with Crippen LogP contribution in [0, 0.1) is 0 Å². The highest BCUT2D eigenvalue weighted by Crippen LogP contribution is 2.30. The van der Waals surface area contributed by atoms with Crippen molar-refractivity contribution in [2.45, 2.75) is 32.1 Å². The van der Waals surface area contributed by atoms with Gasteiger partial charge in [-0.2, -0.15) is 11.3 Å². The van der Waals surface area contributed by atoms with Crippen molar-refractivity contribution >= 4 is 39.6 Å². The van der Waals surface area contributed by atoms with Crippen molar-refractivity contribution in [1.29, 1.82) is 0 Å². The summed E-state index contributed by atoms with van der Waals surface area (Å²) >= 11 is 2.93. The van der Waals surface area contributed by atoms with Gasteiger partial charge in [0.15, 0.2) is 5.13 Å². The number of amides is 2. The van der Waals surface area contributed by atoms with Crippen LogP contribution in [0.25, 0.3) is 11.3 Å². The molecule has 1 aliphatic rings. The number of anilines is 1. The Hall–Kier alpha value is -2.51. The SMILES string of the molecule is O=C(CCCNC(=O)c1ccsc1)Nc1nc(-c2ccc3c(c2)CCC3)cs1. The van der Waals surface area contributed by atoms with Gasteiger partial charge in [0.1, 0.15) is 0 Å². The largest absolute Gasteiger partial charge is 0.352 e. The molecule has 2 N–H and O–H groups in total. The van der Waals surface area contributed by atoms with Crippen LogP contribution in [0.15, 0.2) is 40.4 Å². The van der Waals surface area contributed by atoms with Crippen LogP contribution in [0.4, 0.5) is 5.13 Å². The molecular formula is C21H21N3O2S2. The Kier molecular flexibility index (Phi) is 5.83. The summed E-state index contributed by atoms with van der Waals surface area (Å²) in [6.45, 7) is 0.473. The zero-order valence-electron chi connectivity index (χ0n) is 15.4. The molecule has 28 heavy (non-hydrogen) atoms. The number of hydrogen-bond acceptors (Lipinski definition) is 5. The lowest BCUT2D eigenvalue weighted by Gasteiger charge is -2.04. The number of nitrogens with zero attached hydrogens (tertiary/aromatic N) is 1. The summed E-state index contributed by atoms with van der Waals surface area (Å²) in [6.07, 6.45) is 4.47. The molecule has 5 nitrogen and oxygen atoms in total. The first kappa shape index (κ1) is 18.8. The van der Waals surface area contributed by atoms with Crippen molar-refractivity contribution in [3.05, 3.63) is 57.1 Å². The first-order chi connectivity index (χ1) is 13.7. The zero-order chi connectivity index (χ0) is 19.3. The van der Waals surface area contributed by atoms with Crippen molar-refractivity contribution in [3.8, 4) is 11.3 Å². The third-order valence-electron chi connectivity index (χ3n) is 4.79. The number of aryl methyl sites for hydroxylation is 2. The Bertz CT molecular complexity index is 979. The van der Waals surface area contributed by atoms with E-state index < -0.39 is 0 Å². The van der Waals surface area contributed by atoms with E-state index in [0.29, 0.717) is 30.1 Å². The predicted molar refractivity (Wildman–Crippen MR) is 114 cm³/mol. The minimum Gasteiger partial charge on any atom is -0.352 e. The van der Waals surface area contributed by atoms with Crippen molar-refractivity contribution in [1.82, 2.24) is 10.3 Å². The highest BCUT2D eigenvalue weighted by Gasteiger charge is 2.13. The molecule has 144 valence electrons. The molecule has 3 aromatic rings. The van der Waals surface area contributed by atoms with Gasteiger partial charge in [-0.15, -0.1) is 11.3 Å². The fourth-order valence-electron chi connectivity index (χ4n) is 3.32. The summed E-state index contributed by atoms with van der Waals surface area (Å²) in [7, 11) is 0. The molecule has 4 rings (SSSR count). The summed E-state index contributed by atoms with van der Waals surface area (Å²) in [6, 6.07) is 8.31. The highest BCUT2D eigenvalue weighted by molar-refractivity contribution is 7.14. The van der Waals surface area contributed by atoms with Crippen molar-refractivity contribution in [3.63, 3.8) is 0 Å². The number of aromatic nitrogens is 1. The van der Waals surface area contributed by atoms with Crippen LogP contribution in [0.2, 0.25) is 0 Å². The third kappa shape index (κ3) is 4.48. The van der Waals surface area contributed by atoms with Crippen LogP contribution in [0.3, 0.4) is 0 Å². The number of thiazole rings is 1. The highest BCUT2D eigenvalue weighted by atomic mass is 32.1. The van der Waals surface area contributed by atoms with Gasteiger partial charge in [-0.25, -0.2) is 4.98 Å². The molecule has 2 heterocycles. The monoisotopic (exact) mass is 411 g/mol. The average Bonchev–Trinajstić information content (AvgIpc) is 3.45. The molecule has 0 bridgehead atoms. The second kappa shape index (κ2) is 8.67. The summed E-state index contributed by atoms with van der Waals surface area (Å²) < 4.78 is 0. The molecule has 0 saturated heterocycles. The lowest BCUT2D eigenvalue weighted by Crippen LogP contribution is -2.25. The average molecular weight is 412 g/mol. The minimum absolute atomic E-state index is 0.0837. The normalized spacial score (nSPS) is 12.6. The van der Waals surface area contributed by atoms with E-state index in [1.807, 2.05) is 16.1 Å². The number of nitrogens with one attached hydrogen (secondary N) is 2. The Balaban J connectivity index is 1.24. The number of fused-ring (bicyclic) bond motifs is 1. The Labute approximate surface area is 171 Å². The number of hydrogen-bond donors (Lipinski definition) is 2. The van der Waals surface area contributed by atoms with E-state index in [9.17, 15) is 9.59 Å². The van der Waals surface area contributed by atoms with E-state index in [4.69, 9.17) is 0 Å². The molecule has 2 amide bonds. The number of carbonyl (C=O) groups is 2. The van der Waals surface area contributed by atoms with Gasteiger partial charge in [-0.05, 0) is 54.3 Å². The summed E-state index contributed by atoms with van der Waals surface area (Å²) in [4.78, 5) is 28.5. The molecule has 0 spiro atoms. The fourth-order valence-corrected chi connectivity index (χ4v) is 4.70. The molecule has 0 unspecified atom stereocenters. The topological polar surface area (TPSA) is 71.1 Å². The summed E-state index contributed by atoms with van der Waals surface area (Å²) in [5.74, 6) is -0.180. The molecule has 1 aromatic carbocycles. The second-order valence-corrected chi connectivity index (χ2v) is 8.43. The van der Waals surface area contributed by atoms with Crippen LogP contribution in [-0.4, -0.2) is 23.3 Å². The molecule has 0 fully saturated rings. The molecule has 0 saturated carbocycles. The maximum atomic E-state index is 12.1. The second-order valence-electron chi connectivity index (χ2n) is 6.79. The predicted octanol–water partition coefficient (Wildman–Crippen LogP) is 4.51. The van der Waals surface area contributed by atoms with Crippen LogP contribution in [0.1, 0.15) is 40.7 Å². The molecule has 0 atom stereocenters. The number of carbonyl (C=O) groups excluding carboxylic acids is 2. The Morgan fingerprint density at radius 1 is 1.11 bits per heavy atom. The fraction of sp³-hybridized carbons (Fsp3) is 0.286. The smallest absolute Gasteiger partial charge is 0.252 e. The van der Waals surface area contributed by atoms with Gasteiger partial charge in [0.2, 0.25) is 5.91 Å². The molecule has 0 aliphatic heterocycles. The van der Waals surface area contributed by atoms with Gasteiger partial charge in [0.25, 0.3) is 5.91 Å². The lowest BCUT2D eigenvalue weighted by molar-refractivity contribution is -0.116. The van der Waals surface area contributed by atoms with Crippen molar-refractivity contribution in [2.75, 3.05) is 11.9 Å². The maximum absolute atomic E-state index is 12.1. The Morgan fingerprint density at radius 3 is 2.86 bits per heavy atom. The maximum Gasteiger partial charge on any atom is 0.252 e. The zero-order valence-corrected chi connectivity index (χ0v) is 17.0. The summed E-state index contributed by atoms with van der Waals surface area (Å²) in [5, 5.41) is 12.0.